The van der Waals surface area contributed by atoms with Crippen LogP contribution < -0.4 is 10.6 Å². The Hall–Kier alpha value is -2.31. The summed E-state index contributed by atoms with van der Waals surface area (Å²) in [6, 6.07) is 7.92. The molecule has 1 aromatic carbocycles. The summed E-state index contributed by atoms with van der Waals surface area (Å²) >= 11 is 11.9. The molecule has 1 aromatic heterocycles. The number of nitrogens with one attached hydrogen (secondary N) is 2. The standard InChI is InChI=1S/C16H15Cl2N3O3/c1-2-24-16(23)20-9-12-7-10(5-6-19-12)15(22)21-14-8-11(17)3-4-13(14)18/h3-8H,2,9H2,1H3,(H,20,23)(H,21,22). The van der Waals surface area contributed by atoms with Crippen LogP contribution in [0.15, 0.2) is 36.5 Å². The average Bonchev–Trinajstić information content (AvgIpc) is 2.57. The van der Waals surface area contributed by atoms with Crippen molar-refractivity contribution in [3.8, 4) is 0 Å². The SMILES string of the molecule is CCOC(=O)NCc1cc(C(=O)Nc2cc(Cl)ccc2Cl)ccn1. The third-order valence-electron chi connectivity index (χ3n) is 2.94. The lowest BCUT2D eigenvalue weighted by atomic mass is 10.2. The fourth-order valence-corrected chi connectivity index (χ4v) is 2.19. The molecule has 0 bridgehead atoms. The monoisotopic (exact) mass is 367 g/mol. The van der Waals surface area contributed by atoms with Crippen LogP contribution in [-0.2, 0) is 11.3 Å². The Bertz CT molecular complexity index is 753. The highest BCUT2D eigenvalue weighted by molar-refractivity contribution is 6.35. The van der Waals surface area contributed by atoms with E-state index < -0.39 is 6.09 Å². The third kappa shape index (κ3) is 5.11. The summed E-state index contributed by atoms with van der Waals surface area (Å²) in [7, 11) is 0. The molecule has 0 saturated carbocycles. The second-order valence-electron chi connectivity index (χ2n) is 4.69. The van der Waals surface area contributed by atoms with E-state index in [1.807, 2.05) is 0 Å². The summed E-state index contributed by atoms with van der Waals surface area (Å²) in [6.45, 7) is 2.14. The minimum absolute atomic E-state index is 0.151. The Labute approximate surface area is 149 Å². The van der Waals surface area contributed by atoms with Crippen molar-refractivity contribution in [2.45, 2.75) is 13.5 Å². The molecule has 0 radical (unpaired) electrons. The number of ether oxygens (including phenoxy) is 1. The number of carbonyl (C=O) groups is 2. The van der Waals surface area contributed by atoms with Crippen molar-refractivity contribution in [1.29, 1.82) is 0 Å². The number of halogens is 2. The topological polar surface area (TPSA) is 80.3 Å². The maximum absolute atomic E-state index is 12.3. The molecule has 0 aliphatic carbocycles. The number of carbonyl (C=O) groups excluding carboxylic acids is 2. The van der Waals surface area contributed by atoms with E-state index in [-0.39, 0.29) is 19.1 Å². The van der Waals surface area contributed by atoms with E-state index in [1.165, 1.54) is 6.20 Å². The van der Waals surface area contributed by atoms with Gasteiger partial charge in [0, 0.05) is 16.8 Å². The number of nitrogens with zero attached hydrogens (tertiary/aromatic N) is 1. The maximum Gasteiger partial charge on any atom is 0.407 e. The van der Waals surface area contributed by atoms with E-state index in [9.17, 15) is 9.59 Å². The zero-order valence-corrected chi connectivity index (χ0v) is 14.3. The average molecular weight is 368 g/mol. The first kappa shape index (κ1) is 18.0. The lowest BCUT2D eigenvalue weighted by molar-refractivity contribution is 0.102. The molecule has 0 saturated heterocycles. The van der Waals surface area contributed by atoms with Crippen molar-refractivity contribution in [3.63, 3.8) is 0 Å². The number of pyridine rings is 1. The second kappa shape index (κ2) is 8.52. The van der Waals surface area contributed by atoms with Gasteiger partial charge in [-0.3, -0.25) is 9.78 Å². The summed E-state index contributed by atoms with van der Waals surface area (Å²) in [6.07, 6.45) is 0.941. The molecule has 0 aliphatic rings. The molecule has 24 heavy (non-hydrogen) atoms. The van der Waals surface area contributed by atoms with Crippen molar-refractivity contribution in [1.82, 2.24) is 10.3 Å². The molecule has 2 N–H and O–H groups in total. The Balaban J connectivity index is 2.06. The van der Waals surface area contributed by atoms with Gasteiger partial charge in [-0.1, -0.05) is 23.2 Å². The van der Waals surface area contributed by atoms with Crippen molar-refractivity contribution in [3.05, 3.63) is 57.8 Å². The van der Waals surface area contributed by atoms with E-state index in [1.54, 1.807) is 37.3 Å². The largest absolute Gasteiger partial charge is 0.450 e. The lowest BCUT2D eigenvalue weighted by Crippen LogP contribution is -2.24. The summed E-state index contributed by atoms with van der Waals surface area (Å²) in [5.74, 6) is -0.362. The molecule has 2 amide bonds. The Morgan fingerprint density at radius 2 is 2.00 bits per heavy atom. The van der Waals surface area contributed by atoms with Crippen LogP contribution in [0.1, 0.15) is 23.0 Å². The molecule has 0 fully saturated rings. The molecule has 0 atom stereocenters. The predicted octanol–water partition coefficient (Wildman–Crippen LogP) is 3.89. The quantitative estimate of drug-likeness (QED) is 0.839. The van der Waals surface area contributed by atoms with E-state index in [4.69, 9.17) is 27.9 Å². The van der Waals surface area contributed by atoms with Crippen LogP contribution in [0.5, 0.6) is 0 Å². The molecule has 6 nitrogen and oxygen atoms in total. The van der Waals surface area contributed by atoms with Gasteiger partial charge in [0.25, 0.3) is 5.91 Å². The normalized spacial score (nSPS) is 10.1. The van der Waals surface area contributed by atoms with Crippen molar-refractivity contribution >= 4 is 40.9 Å². The Morgan fingerprint density at radius 1 is 1.21 bits per heavy atom. The molecule has 0 spiro atoms. The first-order chi connectivity index (χ1) is 11.5. The second-order valence-corrected chi connectivity index (χ2v) is 5.53. The van der Waals surface area contributed by atoms with Crippen LogP contribution in [0.3, 0.4) is 0 Å². The molecule has 1 heterocycles. The Kier molecular flexibility index (Phi) is 6.40. The fraction of sp³-hybridized carbons (Fsp3) is 0.188. The Morgan fingerprint density at radius 3 is 2.75 bits per heavy atom. The van der Waals surface area contributed by atoms with Crippen LogP contribution in [0, 0.1) is 0 Å². The van der Waals surface area contributed by atoms with Crippen LogP contribution in [0.25, 0.3) is 0 Å². The van der Waals surface area contributed by atoms with E-state index >= 15 is 0 Å². The van der Waals surface area contributed by atoms with Gasteiger partial charge in [0.15, 0.2) is 0 Å². The van der Waals surface area contributed by atoms with Gasteiger partial charge in [-0.05, 0) is 37.3 Å². The van der Waals surface area contributed by atoms with Gasteiger partial charge in [-0.25, -0.2) is 4.79 Å². The zero-order chi connectivity index (χ0) is 17.5. The number of benzene rings is 1. The van der Waals surface area contributed by atoms with E-state index in [0.717, 1.165) is 0 Å². The number of amides is 2. The summed E-state index contributed by atoms with van der Waals surface area (Å²) in [5.41, 5.74) is 1.31. The van der Waals surface area contributed by atoms with Gasteiger partial charge in [0.2, 0.25) is 0 Å². The van der Waals surface area contributed by atoms with Crippen molar-refractivity contribution < 1.29 is 14.3 Å². The van der Waals surface area contributed by atoms with Crippen molar-refractivity contribution in [2.24, 2.45) is 0 Å². The number of hydrogen-bond donors (Lipinski definition) is 2. The van der Waals surface area contributed by atoms with Gasteiger partial charge >= 0.3 is 6.09 Å². The van der Waals surface area contributed by atoms with E-state index in [0.29, 0.717) is 27.0 Å². The number of aromatic nitrogens is 1. The van der Waals surface area contributed by atoms with Gasteiger partial charge in [-0.2, -0.15) is 0 Å². The first-order valence-corrected chi connectivity index (χ1v) is 7.87. The highest BCUT2D eigenvalue weighted by atomic mass is 35.5. The fourth-order valence-electron chi connectivity index (χ4n) is 1.85. The molecule has 0 unspecified atom stereocenters. The molecular formula is C16H15Cl2N3O3. The van der Waals surface area contributed by atoms with Gasteiger partial charge in [0.05, 0.1) is 29.6 Å². The van der Waals surface area contributed by atoms with Crippen LogP contribution in [0.4, 0.5) is 10.5 Å². The van der Waals surface area contributed by atoms with E-state index in [2.05, 4.69) is 15.6 Å². The minimum Gasteiger partial charge on any atom is -0.450 e. The number of hydrogen-bond acceptors (Lipinski definition) is 4. The third-order valence-corrected chi connectivity index (χ3v) is 3.51. The molecule has 8 heteroatoms. The maximum atomic E-state index is 12.3. The minimum atomic E-state index is -0.542. The molecule has 126 valence electrons. The molecule has 0 aliphatic heterocycles. The van der Waals surface area contributed by atoms with Crippen LogP contribution in [-0.4, -0.2) is 23.6 Å². The zero-order valence-electron chi connectivity index (χ0n) is 12.8. The van der Waals surface area contributed by atoms with Crippen molar-refractivity contribution in [2.75, 3.05) is 11.9 Å². The lowest BCUT2D eigenvalue weighted by Gasteiger charge is -2.09. The van der Waals surface area contributed by atoms with Gasteiger partial charge in [-0.15, -0.1) is 0 Å². The first-order valence-electron chi connectivity index (χ1n) is 7.11. The van der Waals surface area contributed by atoms with Gasteiger partial charge < -0.3 is 15.4 Å². The smallest absolute Gasteiger partial charge is 0.407 e. The number of alkyl carbamates (subject to hydrolysis) is 1. The summed E-state index contributed by atoms with van der Waals surface area (Å²) in [5, 5.41) is 6.07. The molecule has 2 aromatic rings. The highest BCUT2D eigenvalue weighted by Gasteiger charge is 2.11. The summed E-state index contributed by atoms with van der Waals surface area (Å²) < 4.78 is 4.76. The van der Waals surface area contributed by atoms with Crippen LogP contribution >= 0.6 is 23.2 Å². The predicted molar refractivity (Wildman–Crippen MR) is 92.5 cm³/mol. The molecular weight excluding hydrogens is 353 g/mol. The number of anilines is 1. The van der Waals surface area contributed by atoms with Crippen LogP contribution in [0.2, 0.25) is 10.0 Å². The molecule has 2 rings (SSSR count). The summed E-state index contributed by atoms with van der Waals surface area (Å²) in [4.78, 5) is 27.7. The number of rotatable bonds is 5. The van der Waals surface area contributed by atoms with Gasteiger partial charge in [0.1, 0.15) is 0 Å². The highest BCUT2D eigenvalue weighted by Crippen LogP contribution is 2.25.